The molecule has 5 N–H and O–H groups in total. The number of rotatable bonds is 2. The zero-order valence-corrected chi connectivity index (χ0v) is 18.7. The molecular formula is C24H25FN7O+. The topological polar surface area (TPSA) is 130 Å². The van der Waals surface area contributed by atoms with Crippen LogP contribution in [0.5, 0.6) is 5.75 Å². The Labute approximate surface area is 191 Å². The predicted octanol–water partition coefficient (Wildman–Crippen LogP) is 2.70. The van der Waals surface area contributed by atoms with Crippen molar-refractivity contribution in [2.24, 2.45) is 0 Å². The number of hydrogen-bond acceptors (Lipinski definition) is 6. The van der Waals surface area contributed by atoms with Crippen molar-refractivity contribution in [1.82, 2.24) is 14.8 Å². The molecule has 8 nitrogen and oxygen atoms in total. The molecule has 1 aromatic carbocycles. The average molecular weight is 447 g/mol. The summed E-state index contributed by atoms with van der Waals surface area (Å²) in [6, 6.07) is 8.24. The summed E-state index contributed by atoms with van der Waals surface area (Å²) < 4.78 is 22.0. The van der Waals surface area contributed by atoms with Crippen LogP contribution in [0.15, 0.2) is 42.2 Å². The van der Waals surface area contributed by atoms with Gasteiger partial charge in [0.15, 0.2) is 17.3 Å². The number of anilines is 1. The molecule has 0 fully saturated rings. The third-order valence-corrected chi connectivity index (χ3v) is 5.70. The largest absolute Gasteiger partial charge is 0.482 e. The van der Waals surface area contributed by atoms with Crippen LogP contribution >= 0.6 is 0 Å². The molecule has 0 amide bonds. The van der Waals surface area contributed by atoms with E-state index in [2.05, 4.69) is 16.2 Å². The van der Waals surface area contributed by atoms with Gasteiger partial charge in [0.1, 0.15) is 18.0 Å². The third kappa shape index (κ3) is 3.97. The molecule has 2 bridgehead atoms. The van der Waals surface area contributed by atoms with E-state index < -0.39 is 11.9 Å². The first-order valence-corrected chi connectivity index (χ1v) is 10.7. The maximum atomic E-state index is 14.2. The van der Waals surface area contributed by atoms with Crippen LogP contribution in [0.1, 0.15) is 42.3 Å². The molecule has 0 aliphatic carbocycles. The van der Waals surface area contributed by atoms with E-state index in [0.29, 0.717) is 40.1 Å². The number of nitrogens with one attached hydrogen (secondary N) is 1. The highest BCUT2D eigenvalue weighted by atomic mass is 19.1. The van der Waals surface area contributed by atoms with Gasteiger partial charge in [-0.15, -0.1) is 0 Å². The summed E-state index contributed by atoms with van der Waals surface area (Å²) in [4.78, 5) is 4.31. The molecule has 1 aliphatic heterocycles. The van der Waals surface area contributed by atoms with Crippen LogP contribution in [0.25, 0.3) is 11.3 Å². The van der Waals surface area contributed by atoms with Crippen molar-refractivity contribution in [3.63, 3.8) is 0 Å². The number of pyridine rings is 1. The Bertz CT molecular complexity index is 1320. The molecule has 33 heavy (non-hydrogen) atoms. The lowest BCUT2D eigenvalue weighted by Crippen LogP contribution is -2.73. The van der Waals surface area contributed by atoms with Gasteiger partial charge in [-0.25, -0.2) is 9.37 Å². The summed E-state index contributed by atoms with van der Waals surface area (Å²) in [6.07, 6.45) is 3.46. The van der Waals surface area contributed by atoms with Crippen molar-refractivity contribution in [3.8, 4) is 23.1 Å². The Hall–Kier alpha value is -4.03. The second kappa shape index (κ2) is 8.84. The van der Waals surface area contributed by atoms with E-state index in [0.717, 1.165) is 11.3 Å². The minimum Gasteiger partial charge on any atom is -0.482 e. The van der Waals surface area contributed by atoms with Gasteiger partial charge in [-0.05, 0) is 37.6 Å². The molecule has 168 valence electrons. The van der Waals surface area contributed by atoms with Gasteiger partial charge >= 0.3 is 0 Å². The number of nitrogens with two attached hydrogens (primary N) is 2. The van der Waals surface area contributed by atoms with Gasteiger partial charge in [0.25, 0.3) is 0 Å². The van der Waals surface area contributed by atoms with Crippen LogP contribution in [-0.4, -0.2) is 27.5 Å². The second-order valence-electron chi connectivity index (χ2n) is 7.80. The lowest BCUT2D eigenvalue weighted by molar-refractivity contribution is -0.557. The number of nitrogen functional groups attached to an aromatic ring is 1. The van der Waals surface area contributed by atoms with Gasteiger partial charge in [0.2, 0.25) is 0 Å². The van der Waals surface area contributed by atoms with Crippen LogP contribution in [0, 0.1) is 22.6 Å². The molecule has 1 unspecified atom stereocenters. The molecular weight excluding hydrogens is 421 g/mol. The van der Waals surface area contributed by atoms with E-state index in [1.165, 1.54) is 12.1 Å². The fraction of sp³-hybridized carbons (Fsp3) is 0.250. The Kier molecular flexibility index (Phi) is 5.94. The number of aromatic nitrogens is 3. The van der Waals surface area contributed by atoms with E-state index in [4.69, 9.17) is 15.9 Å². The molecule has 9 heteroatoms. The molecule has 1 atom stereocenters. The SMILES string of the molecule is CCc1c(C#N)nn2c1-c1cnc(N)c(c1)OC(C)c1cc(F)ccc1C(=N)C(=C[NH2+]C)C2. The number of nitrogens with zero attached hydrogens (tertiary/aromatic N) is 4. The highest BCUT2D eigenvalue weighted by Crippen LogP contribution is 2.35. The molecule has 0 saturated heterocycles. The highest BCUT2D eigenvalue weighted by molar-refractivity contribution is 6.11. The third-order valence-electron chi connectivity index (χ3n) is 5.70. The summed E-state index contributed by atoms with van der Waals surface area (Å²) in [7, 11) is 1.87. The van der Waals surface area contributed by atoms with Gasteiger partial charge in [-0.1, -0.05) is 6.92 Å². The van der Waals surface area contributed by atoms with E-state index in [9.17, 15) is 9.65 Å². The maximum Gasteiger partial charge on any atom is 0.166 e. The smallest absolute Gasteiger partial charge is 0.166 e. The normalized spacial score (nSPS) is 16.8. The van der Waals surface area contributed by atoms with Crippen LogP contribution in [0.4, 0.5) is 10.2 Å². The molecule has 0 saturated carbocycles. The first-order chi connectivity index (χ1) is 15.9. The van der Waals surface area contributed by atoms with Crippen LogP contribution in [-0.2, 0) is 13.0 Å². The van der Waals surface area contributed by atoms with Gasteiger partial charge in [-0.2, -0.15) is 10.4 Å². The number of nitriles is 1. The Morgan fingerprint density at radius 2 is 2.21 bits per heavy atom. The van der Waals surface area contributed by atoms with Gasteiger partial charge < -0.3 is 15.8 Å². The molecule has 2 aromatic heterocycles. The first-order valence-electron chi connectivity index (χ1n) is 10.7. The lowest BCUT2D eigenvalue weighted by Gasteiger charge is -2.22. The maximum absolute atomic E-state index is 14.2. The predicted molar refractivity (Wildman–Crippen MR) is 122 cm³/mol. The van der Waals surface area contributed by atoms with Gasteiger partial charge in [-0.3, -0.25) is 10.1 Å². The number of allylic oxidation sites excluding steroid dienone is 1. The van der Waals surface area contributed by atoms with Crippen molar-refractivity contribution < 1.29 is 14.4 Å². The standard InChI is InChI=1S/C24H24FN7O/c1-4-17-20(9-26)31-32-12-15(10-29-3)22(27)18-6-5-16(25)8-19(18)13(2)33-21-7-14(23(17)32)11-30-24(21)28/h5-8,10-11,13,27,29H,4,12H2,1-3H3,(H2,28,30)/p+1. The fourth-order valence-electron chi connectivity index (χ4n) is 4.14. The van der Waals surface area contributed by atoms with E-state index in [1.54, 1.807) is 29.9 Å². The molecule has 1 aliphatic rings. The Morgan fingerprint density at radius 3 is 2.91 bits per heavy atom. The minimum atomic E-state index is -0.591. The number of quaternary nitrogens is 1. The molecule has 3 aromatic rings. The fourth-order valence-corrected chi connectivity index (χ4v) is 4.14. The summed E-state index contributed by atoms with van der Waals surface area (Å²) >= 11 is 0. The Balaban J connectivity index is 2.03. The lowest BCUT2D eigenvalue weighted by atomic mass is 9.94. The summed E-state index contributed by atoms with van der Waals surface area (Å²) in [5.74, 6) is 0.117. The van der Waals surface area contributed by atoms with Crippen molar-refractivity contribution in [2.75, 3.05) is 12.8 Å². The van der Waals surface area contributed by atoms with Gasteiger partial charge in [0, 0.05) is 28.5 Å². The van der Waals surface area contributed by atoms with Gasteiger partial charge in [0.05, 0.1) is 36.8 Å². The number of fused-ring (bicyclic) bond motifs is 5. The van der Waals surface area contributed by atoms with E-state index in [-0.39, 0.29) is 18.1 Å². The Morgan fingerprint density at radius 1 is 1.42 bits per heavy atom. The van der Waals surface area contributed by atoms with Crippen molar-refractivity contribution >= 4 is 11.5 Å². The van der Waals surface area contributed by atoms with Crippen molar-refractivity contribution in [3.05, 3.63) is 70.4 Å². The number of benzene rings is 1. The molecule has 0 spiro atoms. The second-order valence-corrected chi connectivity index (χ2v) is 7.80. The quantitative estimate of drug-likeness (QED) is 0.557. The number of halogens is 1. The molecule has 3 heterocycles. The molecule has 0 radical (unpaired) electrons. The summed E-state index contributed by atoms with van der Waals surface area (Å²) in [6.45, 7) is 4.00. The monoisotopic (exact) mass is 446 g/mol. The number of hydrogen-bond donors (Lipinski definition) is 3. The first kappa shape index (κ1) is 22.2. The average Bonchev–Trinajstić information content (AvgIpc) is 3.16. The zero-order valence-electron chi connectivity index (χ0n) is 18.7. The van der Waals surface area contributed by atoms with Crippen molar-refractivity contribution in [1.29, 1.82) is 10.7 Å². The number of ether oxygens (including phenoxy) is 1. The summed E-state index contributed by atoms with van der Waals surface area (Å²) in [5, 5.41) is 25.0. The van der Waals surface area contributed by atoms with Crippen LogP contribution in [0.2, 0.25) is 0 Å². The van der Waals surface area contributed by atoms with Crippen LogP contribution < -0.4 is 15.8 Å². The van der Waals surface area contributed by atoms with Crippen molar-refractivity contribution in [2.45, 2.75) is 32.9 Å². The zero-order chi connectivity index (χ0) is 23.7. The summed E-state index contributed by atoms with van der Waals surface area (Å²) in [5.41, 5.74) is 10.6. The minimum absolute atomic E-state index is 0.196. The molecule has 4 rings (SSSR count). The highest BCUT2D eigenvalue weighted by Gasteiger charge is 2.25. The van der Waals surface area contributed by atoms with E-state index in [1.807, 2.05) is 25.5 Å². The van der Waals surface area contributed by atoms with Crippen LogP contribution in [0.3, 0.4) is 0 Å². The van der Waals surface area contributed by atoms with E-state index >= 15 is 0 Å².